The molecule has 112 valence electrons. The molecule has 5 nitrogen and oxygen atoms in total. The summed E-state index contributed by atoms with van der Waals surface area (Å²) in [5, 5.41) is 10.5. The summed E-state index contributed by atoms with van der Waals surface area (Å²) in [6, 6.07) is 10.3. The van der Waals surface area contributed by atoms with Crippen LogP contribution in [0.25, 0.3) is 10.9 Å². The number of nitrogens with zero attached hydrogens (tertiary/aromatic N) is 3. The van der Waals surface area contributed by atoms with Gasteiger partial charge in [0, 0.05) is 37.5 Å². The Hall–Kier alpha value is -2.16. The number of hydrogen-bond donors (Lipinski definition) is 0. The molecule has 2 aromatic rings. The van der Waals surface area contributed by atoms with Gasteiger partial charge in [-0.3, -0.25) is 4.98 Å². The molecule has 0 bridgehead atoms. The van der Waals surface area contributed by atoms with Crippen molar-refractivity contribution < 1.29 is 9.47 Å². The number of para-hydroxylation sites is 1. The second-order valence-electron chi connectivity index (χ2n) is 5.74. The van der Waals surface area contributed by atoms with Crippen LogP contribution in [0.15, 0.2) is 30.5 Å². The van der Waals surface area contributed by atoms with Gasteiger partial charge in [-0.1, -0.05) is 18.2 Å². The van der Waals surface area contributed by atoms with Gasteiger partial charge in [-0.2, -0.15) is 5.26 Å². The van der Waals surface area contributed by atoms with Gasteiger partial charge in [0.15, 0.2) is 5.79 Å². The van der Waals surface area contributed by atoms with E-state index in [1.165, 1.54) is 0 Å². The smallest absolute Gasteiger partial charge is 0.171 e. The van der Waals surface area contributed by atoms with Crippen LogP contribution < -0.4 is 4.90 Å². The lowest BCUT2D eigenvalue weighted by molar-refractivity contribution is -0.169. The normalized spacial score (nSPS) is 20.4. The molecule has 0 radical (unpaired) electrons. The molecule has 1 aromatic heterocycles. The van der Waals surface area contributed by atoms with Crippen LogP contribution in [0.2, 0.25) is 0 Å². The minimum Gasteiger partial charge on any atom is -0.369 e. The first kappa shape index (κ1) is 13.5. The van der Waals surface area contributed by atoms with Crippen molar-refractivity contribution in [3.05, 3.63) is 36.0 Å². The Kier molecular flexibility index (Phi) is 3.21. The van der Waals surface area contributed by atoms with E-state index in [4.69, 9.17) is 9.47 Å². The average molecular weight is 295 g/mol. The predicted octanol–water partition coefficient (Wildman–Crippen LogP) is 2.45. The van der Waals surface area contributed by atoms with Crippen LogP contribution in [-0.4, -0.2) is 37.1 Å². The van der Waals surface area contributed by atoms with Gasteiger partial charge >= 0.3 is 0 Å². The SMILES string of the molecule is N#Cc1cnc2ccccc2c1N1CCC2(CC1)OCCO2. The molecule has 5 heteroatoms. The molecule has 1 aromatic carbocycles. The Bertz CT molecular complexity index is 737. The molecule has 0 N–H and O–H groups in total. The molecule has 4 rings (SSSR count). The number of pyridine rings is 1. The van der Waals surface area contributed by atoms with Crippen molar-refractivity contribution >= 4 is 16.6 Å². The summed E-state index contributed by atoms with van der Waals surface area (Å²) < 4.78 is 11.6. The van der Waals surface area contributed by atoms with Gasteiger partial charge < -0.3 is 14.4 Å². The molecule has 0 unspecified atom stereocenters. The third-order valence-corrected chi connectivity index (χ3v) is 4.52. The first-order chi connectivity index (χ1) is 10.8. The molecule has 2 saturated heterocycles. The number of benzene rings is 1. The zero-order chi connectivity index (χ0) is 15.0. The van der Waals surface area contributed by atoms with E-state index in [1.54, 1.807) is 6.20 Å². The van der Waals surface area contributed by atoms with Crippen LogP contribution in [0.3, 0.4) is 0 Å². The lowest BCUT2D eigenvalue weighted by atomic mass is 10.0. The maximum Gasteiger partial charge on any atom is 0.171 e. The van der Waals surface area contributed by atoms with Gasteiger partial charge in [0.2, 0.25) is 0 Å². The van der Waals surface area contributed by atoms with E-state index in [9.17, 15) is 5.26 Å². The Labute approximate surface area is 129 Å². The zero-order valence-corrected chi connectivity index (χ0v) is 12.3. The van der Waals surface area contributed by atoms with Crippen LogP contribution >= 0.6 is 0 Å². The van der Waals surface area contributed by atoms with E-state index in [2.05, 4.69) is 16.0 Å². The summed E-state index contributed by atoms with van der Waals surface area (Å²) in [7, 11) is 0. The summed E-state index contributed by atoms with van der Waals surface area (Å²) >= 11 is 0. The maximum absolute atomic E-state index is 9.45. The fourth-order valence-electron chi connectivity index (χ4n) is 3.41. The van der Waals surface area contributed by atoms with Crippen molar-refractivity contribution in [1.82, 2.24) is 4.98 Å². The second-order valence-corrected chi connectivity index (χ2v) is 5.74. The monoisotopic (exact) mass is 295 g/mol. The molecule has 2 aliphatic rings. The fraction of sp³-hybridized carbons (Fsp3) is 0.412. The van der Waals surface area contributed by atoms with Gasteiger partial charge in [-0.25, -0.2) is 0 Å². The highest BCUT2D eigenvalue weighted by atomic mass is 16.7. The van der Waals surface area contributed by atoms with Gasteiger partial charge in [-0.05, 0) is 6.07 Å². The number of piperidine rings is 1. The Morgan fingerprint density at radius 2 is 1.86 bits per heavy atom. The van der Waals surface area contributed by atoms with E-state index in [0.29, 0.717) is 18.8 Å². The van der Waals surface area contributed by atoms with Crippen LogP contribution in [0.5, 0.6) is 0 Å². The number of nitriles is 1. The van der Waals surface area contributed by atoms with Crippen LogP contribution in [0, 0.1) is 11.3 Å². The van der Waals surface area contributed by atoms with Crippen LogP contribution in [0.1, 0.15) is 18.4 Å². The molecule has 2 aliphatic heterocycles. The number of ether oxygens (including phenoxy) is 2. The van der Waals surface area contributed by atoms with Crippen LogP contribution in [-0.2, 0) is 9.47 Å². The lowest BCUT2D eigenvalue weighted by Gasteiger charge is -2.39. The summed E-state index contributed by atoms with van der Waals surface area (Å²) in [5.74, 6) is -0.397. The summed E-state index contributed by atoms with van der Waals surface area (Å²) in [4.78, 5) is 6.64. The second kappa shape index (κ2) is 5.24. The number of rotatable bonds is 1. The van der Waals surface area contributed by atoms with Crippen molar-refractivity contribution in [2.45, 2.75) is 18.6 Å². The molecule has 1 spiro atoms. The quantitative estimate of drug-likeness (QED) is 0.809. The molecular weight excluding hydrogens is 278 g/mol. The van der Waals surface area contributed by atoms with E-state index in [0.717, 1.165) is 42.5 Å². The predicted molar refractivity (Wildman–Crippen MR) is 82.5 cm³/mol. The summed E-state index contributed by atoms with van der Waals surface area (Å²) in [6.07, 6.45) is 3.33. The van der Waals surface area contributed by atoms with E-state index in [1.807, 2.05) is 24.3 Å². The third kappa shape index (κ3) is 2.12. The van der Waals surface area contributed by atoms with E-state index in [-0.39, 0.29) is 0 Å². The molecule has 0 atom stereocenters. The highest BCUT2D eigenvalue weighted by Crippen LogP contribution is 2.36. The van der Waals surface area contributed by atoms with Crippen molar-refractivity contribution in [2.24, 2.45) is 0 Å². The first-order valence-electron chi connectivity index (χ1n) is 7.62. The molecule has 0 saturated carbocycles. The summed E-state index contributed by atoms with van der Waals surface area (Å²) in [6.45, 7) is 3.01. The van der Waals surface area contributed by atoms with E-state index < -0.39 is 5.79 Å². The molecule has 22 heavy (non-hydrogen) atoms. The molecule has 0 amide bonds. The topological polar surface area (TPSA) is 58.4 Å². The average Bonchev–Trinajstić information content (AvgIpc) is 3.03. The Morgan fingerprint density at radius 3 is 2.59 bits per heavy atom. The molecule has 0 aliphatic carbocycles. The van der Waals surface area contributed by atoms with Crippen molar-refractivity contribution in [1.29, 1.82) is 5.26 Å². The highest BCUT2D eigenvalue weighted by Gasteiger charge is 2.40. The van der Waals surface area contributed by atoms with Gasteiger partial charge in [-0.15, -0.1) is 0 Å². The molecule has 3 heterocycles. The van der Waals surface area contributed by atoms with E-state index >= 15 is 0 Å². The maximum atomic E-state index is 9.45. The first-order valence-corrected chi connectivity index (χ1v) is 7.62. The van der Waals surface area contributed by atoms with Gasteiger partial charge in [0.05, 0.1) is 30.0 Å². The minimum atomic E-state index is -0.397. The number of aromatic nitrogens is 1. The van der Waals surface area contributed by atoms with Gasteiger partial charge in [0.1, 0.15) is 6.07 Å². The number of fused-ring (bicyclic) bond motifs is 1. The van der Waals surface area contributed by atoms with Crippen LogP contribution in [0.4, 0.5) is 5.69 Å². The highest BCUT2D eigenvalue weighted by molar-refractivity contribution is 5.94. The largest absolute Gasteiger partial charge is 0.369 e. The third-order valence-electron chi connectivity index (χ3n) is 4.52. The number of anilines is 1. The van der Waals surface area contributed by atoms with Crippen molar-refractivity contribution in [3.63, 3.8) is 0 Å². The Balaban J connectivity index is 1.71. The summed E-state index contributed by atoms with van der Waals surface area (Å²) in [5.41, 5.74) is 2.54. The van der Waals surface area contributed by atoms with Gasteiger partial charge in [0.25, 0.3) is 0 Å². The fourth-order valence-corrected chi connectivity index (χ4v) is 3.41. The molecular formula is C17H17N3O2. The zero-order valence-electron chi connectivity index (χ0n) is 12.3. The lowest BCUT2D eigenvalue weighted by Crippen LogP contribution is -2.45. The Morgan fingerprint density at radius 1 is 1.14 bits per heavy atom. The van der Waals surface area contributed by atoms with Crippen molar-refractivity contribution in [3.8, 4) is 6.07 Å². The molecule has 2 fully saturated rings. The standard InChI is InChI=1S/C17H17N3O2/c18-11-13-12-19-15-4-2-1-3-14(15)16(13)20-7-5-17(6-8-20)21-9-10-22-17/h1-4,12H,5-10H2. The minimum absolute atomic E-state index is 0.397. The number of hydrogen-bond acceptors (Lipinski definition) is 5. The van der Waals surface area contributed by atoms with Crippen molar-refractivity contribution in [2.75, 3.05) is 31.2 Å².